The summed E-state index contributed by atoms with van der Waals surface area (Å²) in [5, 5.41) is 3.11. The summed E-state index contributed by atoms with van der Waals surface area (Å²) in [6.07, 6.45) is 5.95. The Morgan fingerprint density at radius 1 is 1.03 bits per heavy atom. The molecule has 4 rings (SSSR count). The Morgan fingerprint density at radius 3 is 2.43 bits per heavy atom. The largest absolute Gasteiger partial charge is 0.378 e. The second-order valence-corrected chi connectivity index (χ2v) is 10.8. The molecule has 2 atom stereocenters. The molecule has 0 spiro atoms. The summed E-state index contributed by atoms with van der Waals surface area (Å²) in [5.41, 5.74) is 9.04. The van der Waals surface area contributed by atoms with Gasteiger partial charge in [0, 0.05) is 29.6 Å². The minimum Gasteiger partial charge on any atom is -0.378 e. The van der Waals surface area contributed by atoms with Gasteiger partial charge in [0.2, 0.25) is 5.91 Å². The first-order valence-electron chi connectivity index (χ1n) is 12.5. The van der Waals surface area contributed by atoms with Crippen molar-refractivity contribution in [3.05, 3.63) is 98.7 Å². The van der Waals surface area contributed by atoms with E-state index in [4.69, 9.17) is 22.1 Å². The maximum absolute atomic E-state index is 13.0. The molecular formula is C29H32ClN3O3S. The monoisotopic (exact) mass is 537 g/mol. The third-order valence-corrected chi connectivity index (χ3v) is 7.49. The topological polar surface area (TPSA) is 84.7 Å². The lowest BCUT2D eigenvalue weighted by atomic mass is 10.0. The predicted molar refractivity (Wildman–Crippen MR) is 150 cm³/mol. The second kappa shape index (κ2) is 13.5. The van der Waals surface area contributed by atoms with E-state index in [1.54, 1.807) is 17.0 Å². The van der Waals surface area contributed by atoms with Crippen LogP contribution in [-0.2, 0) is 22.4 Å². The quantitative estimate of drug-likeness (QED) is 0.396. The highest BCUT2D eigenvalue weighted by atomic mass is 35.5. The fraction of sp³-hybridized carbons (Fsp3) is 0.310. The standard InChI is InChI=1S/C29H32ClN3O3S/c30-27-15-14-25(37-27)13-12-24(11-8-21-4-2-1-3-5-21)32-28(34)26(31)20-22-6-9-23(10-7-22)29(35)33-16-18-36-19-17-33/h1-7,9-10,12-15,24,26H,8,11,16-20,31H2,(H,32,34)/t24?,26-/m0/s1. The van der Waals surface area contributed by atoms with Gasteiger partial charge in [0.15, 0.2) is 0 Å². The van der Waals surface area contributed by atoms with Crippen molar-refractivity contribution in [3.8, 4) is 0 Å². The van der Waals surface area contributed by atoms with Crippen LogP contribution in [0.5, 0.6) is 0 Å². The summed E-state index contributed by atoms with van der Waals surface area (Å²) in [6, 6.07) is 20.5. The van der Waals surface area contributed by atoms with Crippen molar-refractivity contribution in [2.75, 3.05) is 26.3 Å². The number of halogens is 1. The molecule has 0 saturated carbocycles. The Kier molecular flexibility index (Phi) is 9.91. The molecule has 1 saturated heterocycles. The van der Waals surface area contributed by atoms with E-state index in [0.717, 1.165) is 27.6 Å². The number of hydrogen-bond acceptors (Lipinski definition) is 5. The molecule has 1 unspecified atom stereocenters. The fourth-order valence-corrected chi connectivity index (χ4v) is 5.16. The normalized spacial score (nSPS) is 15.5. The van der Waals surface area contributed by atoms with E-state index < -0.39 is 6.04 Å². The Morgan fingerprint density at radius 2 is 1.76 bits per heavy atom. The lowest BCUT2D eigenvalue weighted by molar-refractivity contribution is -0.122. The molecule has 0 radical (unpaired) electrons. The first-order valence-corrected chi connectivity index (χ1v) is 13.7. The SMILES string of the molecule is N[C@@H](Cc1ccc(C(=O)N2CCOCC2)cc1)C(=O)NC(C=Cc1ccc(Cl)s1)CCc1ccccc1. The first kappa shape index (κ1) is 27.1. The van der Waals surface area contributed by atoms with Crippen LogP contribution >= 0.6 is 22.9 Å². The first-order chi connectivity index (χ1) is 18.0. The summed E-state index contributed by atoms with van der Waals surface area (Å²) >= 11 is 7.55. The Hall–Kier alpha value is -2.97. The molecule has 194 valence electrons. The number of nitrogens with two attached hydrogens (primary N) is 1. The number of hydrogen-bond donors (Lipinski definition) is 2. The highest BCUT2D eigenvalue weighted by Gasteiger charge is 2.20. The second-order valence-electron chi connectivity index (χ2n) is 9.05. The van der Waals surface area contributed by atoms with Crippen molar-refractivity contribution in [3.63, 3.8) is 0 Å². The van der Waals surface area contributed by atoms with Gasteiger partial charge in [-0.2, -0.15) is 0 Å². The van der Waals surface area contributed by atoms with Crippen molar-refractivity contribution < 1.29 is 14.3 Å². The molecule has 0 bridgehead atoms. The van der Waals surface area contributed by atoms with Crippen LogP contribution in [0.15, 0.2) is 72.8 Å². The number of thiophene rings is 1. The van der Waals surface area contributed by atoms with Crippen molar-refractivity contribution in [1.29, 1.82) is 0 Å². The number of nitrogens with one attached hydrogen (secondary N) is 1. The van der Waals surface area contributed by atoms with Gasteiger partial charge in [-0.15, -0.1) is 11.3 Å². The Balaban J connectivity index is 1.35. The van der Waals surface area contributed by atoms with Crippen LogP contribution < -0.4 is 11.1 Å². The van der Waals surface area contributed by atoms with Crippen LogP contribution in [0.2, 0.25) is 4.34 Å². The maximum atomic E-state index is 13.0. The Bertz CT molecular complexity index is 1190. The van der Waals surface area contributed by atoms with Crippen LogP contribution in [0, 0.1) is 0 Å². The van der Waals surface area contributed by atoms with Crippen LogP contribution in [0.1, 0.15) is 32.8 Å². The lowest BCUT2D eigenvalue weighted by Crippen LogP contribution is -2.46. The van der Waals surface area contributed by atoms with Crippen LogP contribution in [-0.4, -0.2) is 55.1 Å². The van der Waals surface area contributed by atoms with E-state index >= 15 is 0 Å². The van der Waals surface area contributed by atoms with Crippen LogP contribution in [0.4, 0.5) is 0 Å². The molecular weight excluding hydrogens is 506 g/mol. The van der Waals surface area contributed by atoms with E-state index in [-0.39, 0.29) is 17.9 Å². The average molecular weight is 538 g/mol. The van der Waals surface area contributed by atoms with Gasteiger partial charge >= 0.3 is 0 Å². The van der Waals surface area contributed by atoms with E-state index in [0.29, 0.717) is 38.3 Å². The minimum atomic E-state index is -0.704. The molecule has 3 N–H and O–H groups in total. The predicted octanol–water partition coefficient (Wildman–Crippen LogP) is 4.57. The van der Waals surface area contributed by atoms with Crippen LogP contribution in [0.25, 0.3) is 6.08 Å². The molecule has 1 aliphatic rings. The molecule has 8 heteroatoms. The summed E-state index contributed by atoms with van der Waals surface area (Å²) in [6.45, 7) is 2.34. The summed E-state index contributed by atoms with van der Waals surface area (Å²) < 4.78 is 6.05. The van der Waals surface area contributed by atoms with Gasteiger partial charge in [-0.05, 0) is 60.7 Å². The van der Waals surface area contributed by atoms with E-state index in [2.05, 4.69) is 17.4 Å². The molecule has 2 heterocycles. The van der Waals surface area contributed by atoms with E-state index in [1.807, 2.05) is 54.6 Å². The number of nitrogens with zero attached hydrogens (tertiary/aromatic N) is 1. The number of amides is 2. The zero-order chi connectivity index (χ0) is 26.0. The van der Waals surface area contributed by atoms with Crippen molar-refractivity contribution >= 4 is 40.8 Å². The van der Waals surface area contributed by atoms with Crippen molar-refractivity contribution in [2.24, 2.45) is 5.73 Å². The number of carbonyl (C=O) groups is 2. The van der Waals surface area contributed by atoms with Gasteiger partial charge in [0.05, 0.1) is 23.6 Å². The van der Waals surface area contributed by atoms with Crippen molar-refractivity contribution in [2.45, 2.75) is 31.3 Å². The minimum absolute atomic E-state index is 0.00281. The smallest absolute Gasteiger partial charge is 0.254 e. The third-order valence-electron chi connectivity index (χ3n) is 6.29. The van der Waals surface area contributed by atoms with Gasteiger partial charge in [0.25, 0.3) is 5.91 Å². The van der Waals surface area contributed by atoms with Gasteiger partial charge in [-0.3, -0.25) is 9.59 Å². The average Bonchev–Trinajstić information content (AvgIpc) is 3.36. The molecule has 1 aromatic heterocycles. The molecule has 1 aliphatic heterocycles. The number of aryl methyl sites for hydroxylation is 1. The molecule has 0 aliphatic carbocycles. The zero-order valence-corrected chi connectivity index (χ0v) is 22.2. The van der Waals surface area contributed by atoms with E-state index in [1.165, 1.54) is 16.9 Å². The molecule has 2 amide bonds. The highest BCUT2D eigenvalue weighted by molar-refractivity contribution is 7.17. The molecule has 37 heavy (non-hydrogen) atoms. The molecule has 6 nitrogen and oxygen atoms in total. The van der Waals surface area contributed by atoms with Gasteiger partial charge in [-0.25, -0.2) is 0 Å². The van der Waals surface area contributed by atoms with Crippen molar-refractivity contribution in [1.82, 2.24) is 10.2 Å². The number of carbonyl (C=O) groups excluding carboxylic acids is 2. The summed E-state index contributed by atoms with van der Waals surface area (Å²) in [7, 11) is 0. The fourth-order valence-electron chi connectivity index (χ4n) is 4.18. The van der Waals surface area contributed by atoms with Gasteiger partial charge in [-0.1, -0.05) is 60.1 Å². The van der Waals surface area contributed by atoms with Gasteiger partial charge in [0.1, 0.15) is 0 Å². The Labute approximate surface area is 227 Å². The third kappa shape index (κ3) is 8.27. The summed E-state index contributed by atoms with van der Waals surface area (Å²) in [4.78, 5) is 28.5. The zero-order valence-electron chi connectivity index (χ0n) is 20.6. The maximum Gasteiger partial charge on any atom is 0.254 e. The number of morpholine rings is 1. The molecule has 1 fully saturated rings. The number of ether oxygens (including phenoxy) is 1. The molecule has 2 aromatic carbocycles. The van der Waals surface area contributed by atoms with E-state index in [9.17, 15) is 9.59 Å². The number of benzene rings is 2. The number of rotatable bonds is 10. The lowest BCUT2D eigenvalue weighted by Gasteiger charge is -2.26. The van der Waals surface area contributed by atoms with Gasteiger partial charge < -0.3 is 20.7 Å². The molecule has 3 aromatic rings. The summed E-state index contributed by atoms with van der Waals surface area (Å²) in [5.74, 6) is -0.211. The highest BCUT2D eigenvalue weighted by Crippen LogP contribution is 2.23. The van der Waals surface area contributed by atoms with Crippen LogP contribution in [0.3, 0.4) is 0 Å².